The SMILES string of the molecule is CC(C)=CC[NH+](C)c1ccccc1.[Cl-]. The number of nitrogens with one attached hydrogen (secondary N) is 1. The quantitative estimate of drug-likeness (QED) is 0.600. The van der Waals surface area contributed by atoms with Gasteiger partial charge in [-0.3, -0.25) is 0 Å². The third-order valence-corrected chi connectivity index (χ3v) is 2.08. The van der Waals surface area contributed by atoms with Crippen LogP contribution in [0.25, 0.3) is 0 Å². The summed E-state index contributed by atoms with van der Waals surface area (Å²) in [6.07, 6.45) is 2.27. The highest BCUT2D eigenvalue weighted by Gasteiger charge is 2.01. The second kappa shape index (κ2) is 6.63. The predicted molar refractivity (Wildman–Crippen MR) is 57.3 cm³/mol. The molecule has 0 radical (unpaired) electrons. The van der Waals surface area contributed by atoms with E-state index in [1.807, 2.05) is 0 Å². The van der Waals surface area contributed by atoms with Crippen molar-refractivity contribution in [2.75, 3.05) is 13.6 Å². The van der Waals surface area contributed by atoms with Crippen LogP contribution in [0.5, 0.6) is 0 Å². The summed E-state index contributed by atoms with van der Waals surface area (Å²) in [7, 11) is 2.19. The molecule has 14 heavy (non-hydrogen) atoms. The highest BCUT2D eigenvalue weighted by atomic mass is 35.5. The molecule has 0 aliphatic carbocycles. The van der Waals surface area contributed by atoms with Crippen LogP contribution < -0.4 is 17.3 Å². The van der Waals surface area contributed by atoms with E-state index in [0.29, 0.717) is 0 Å². The Labute approximate surface area is 92.8 Å². The zero-order valence-electron chi connectivity index (χ0n) is 9.05. The van der Waals surface area contributed by atoms with Gasteiger partial charge in [-0.05, 0) is 32.1 Å². The molecule has 0 aliphatic rings. The summed E-state index contributed by atoms with van der Waals surface area (Å²) in [6.45, 7) is 5.34. The fourth-order valence-corrected chi connectivity index (χ4v) is 1.20. The fraction of sp³-hybridized carbons (Fsp3) is 0.333. The van der Waals surface area contributed by atoms with Crippen LogP contribution in [0, 0.1) is 0 Å². The zero-order chi connectivity index (χ0) is 9.68. The minimum atomic E-state index is 0. The van der Waals surface area contributed by atoms with Crippen LogP contribution in [0.4, 0.5) is 5.69 Å². The summed E-state index contributed by atoms with van der Waals surface area (Å²) in [5.41, 5.74) is 2.73. The second-order valence-corrected chi connectivity index (χ2v) is 3.63. The van der Waals surface area contributed by atoms with E-state index in [0.717, 1.165) is 6.54 Å². The van der Waals surface area contributed by atoms with Crippen LogP contribution in [-0.2, 0) is 0 Å². The Balaban J connectivity index is 0.00000169. The Morgan fingerprint density at radius 3 is 2.29 bits per heavy atom. The molecule has 0 saturated carbocycles. The monoisotopic (exact) mass is 211 g/mol. The smallest absolute Gasteiger partial charge is 0.131 e. The number of halogens is 1. The molecule has 1 nitrogen and oxygen atoms in total. The van der Waals surface area contributed by atoms with Crippen molar-refractivity contribution in [1.82, 2.24) is 0 Å². The molecule has 1 unspecified atom stereocenters. The van der Waals surface area contributed by atoms with Crippen molar-refractivity contribution in [3.8, 4) is 0 Å². The molecular weight excluding hydrogens is 194 g/mol. The molecule has 0 aromatic heterocycles. The summed E-state index contributed by atoms with van der Waals surface area (Å²) in [5, 5.41) is 0. The molecule has 1 N–H and O–H groups in total. The van der Waals surface area contributed by atoms with Crippen molar-refractivity contribution in [3.63, 3.8) is 0 Å². The molecule has 78 valence electrons. The number of para-hydroxylation sites is 1. The normalized spacial score (nSPS) is 11.4. The minimum Gasteiger partial charge on any atom is -1.00 e. The van der Waals surface area contributed by atoms with Gasteiger partial charge >= 0.3 is 0 Å². The van der Waals surface area contributed by atoms with E-state index >= 15 is 0 Å². The first-order valence-corrected chi connectivity index (χ1v) is 4.71. The van der Waals surface area contributed by atoms with Gasteiger partial charge in [-0.2, -0.15) is 0 Å². The lowest BCUT2D eigenvalue weighted by Gasteiger charge is -2.10. The van der Waals surface area contributed by atoms with Gasteiger partial charge in [-0.1, -0.05) is 23.8 Å². The van der Waals surface area contributed by atoms with E-state index < -0.39 is 0 Å². The topological polar surface area (TPSA) is 4.44 Å². The van der Waals surface area contributed by atoms with E-state index in [1.54, 1.807) is 0 Å². The fourth-order valence-electron chi connectivity index (χ4n) is 1.20. The summed E-state index contributed by atoms with van der Waals surface area (Å²) < 4.78 is 0. The Hall–Kier alpha value is -0.790. The van der Waals surface area contributed by atoms with Crippen molar-refractivity contribution in [2.45, 2.75) is 13.8 Å². The lowest BCUT2D eigenvalue weighted by molar-refractivity contribution is -0.803. The summed E-state index contributed by atoms with van der Waals surface area (Å²) >= 11 is 0. The number of rotatable bonds is 3. The number of likely N-dealkylation sites (N-methyl/N-ethyl adjacent to an activating group) is 1. The Kier molecular flexibility index (Phi) is 6.26. The first-order chi connectivity index (χ1) is 6.20. The van der Waals surface area contributed by atoms with Gasteiger partial charge in [-0.25, -0.2) is 0 Å². The lowest BCUT2D eigenvalue weighted by Crippen LogP contribution is -3.03. The van der Waals surface area contributed by atoms with Crippen LogP contribution in [0.1, 0.15) is 13.8 Å². The number of benzene rings is 1. The third-order valence-electron chi connectivity index (χ3n) is 2.08. The average Bonchev–Trinajstić information content (AvgIpc) is 2.15. The van der Waals surface area contributed by atoms with Gasteiger partial charge in [0.1, 0.15) is 12.2 Å². The molecule has 0 saturated heterocycles. The third kappa shape index (κ3) is 4.45. The average molecular weight is 212 g/mol. The van der Waals surface area contributed by atoms with Gasteiger partial charge in [0.15, 0.2) is 0 Å². The van der Waals surface area contributed by atoms with Gasteiger partial charge in [0.05, 0.1) is 7.05 Å². The summed E-state index contributed by atoms with van der Waals surface area (Å²) in [4.78, 5) is 1.43. The molecular formula is C12H18ClN. The molecule has 1 aromatic rings. The number of hydrogen-bond donors (Lipinski definition) is 1. The molecule has 1 atom stereocenters. The van der Waals surface area contributed by atoms with Gasteiger partial charge in [0.25, 0.3) is 0 Å². The van der Waals surface area contributed by atoms with E-state index in [-0.39, 0.29) is 12.4 Å². The Morgan fingerprint density at radius 2 is 1.79 bits per heavy atom. The van der Waals surface area contributed by atoms with Crippen LogP contribution in [0.3, 0.4) is 0 Å². The van der Waals surface area contributed by atoms with Crippen LogP contribution in [-0.4, -0.2) is 13.6 Å². The Bertz CT molecular complexity index is 276. The largest absolute Gasteiger partial charge is 1.00 e. The molecule has 2 heteroatoms. The molecule has 0 heterocycles. The van der Waals surface area contributed by atoms with E-state index in [1.165, 1.54) is 16.2 Å². The standard InChI is InChI=1S/C12H17N.ClH/c1-11(2)9-10-13(3)12-7-5-4-6-8-12;/h4-9H,10H2,1-3H3;1H. The van der Waals surface area contributed by atoms with Crippen molar-refractivity contribution in [3.05, 3.63) is 42.0 Å². The van der Waals surface area contributed by atoms with Gasteiger partial charge in [0, 0.05) is 0 Å². The summed E-state index contributed by atoms with van der Waals surface area (Å²) in [6, 6.07) is 10.5. The van der Waals surface area contributed by atoms with E-state index in [9.17, 15) is 0 Å². The van der Waals surface area contributed by atoms with Crippen LogP contribution in [0.15, 0.2) is 42.0 Å². The molecule has 0 aliphatic heterocycles. The highest BCUT2D eigenvalue weighted by molar-refractivity contribution is 5.27. The minimum absolute atomic E-state index is 0. The maximum absolute atomic E-state index is 2.27. The van der Waals surface area contributed by atoms with E-state index in [4.69, 9.17) is 0 Å². The maximum atomic E-state index is 2.27. The predicted octanol–water partition coefficient (Wildman–Crippen LogP) is -1.20. The molecule has 0 bridgehead atoms. The first kappa shape index (κ1) is 13.2. The second-order valence-electron chi connectivity index (χ2n) is 3.63. The lowest BCUT2D eigenvalue weighted by atomic mass is 10.2. The van der Waals surface area contributed by atoms with Gasteiger partial charge < -0.3 is 17.3 Å². The number of hydrogen-bond acceptors (Lipinski definition) is 0. The summed E-state index contributed by atoms with van der Waals surface area (Å²) in [5.74, 6) is 0. The van der Waals surface area contributed by atoms with Gasteiger partial charge in [0.2, 0.25) is 0 Å². The van der Waals surface area contributed by atoms with Crippen LogP contribution >= 0.6 is 0 Å². The van der Waals surface area contributed by atoms with Crippen molar-refractivity contribution >= 4 is 5.69 Å². The molecule has 0 fully saturated rings. The van der Waals surface area contributed by atoms with E-state index in [2.05, 4.69) is 57.3 Å². The molecule has 1 rings (SSSR count). The number of allylic oxidation sites excluding steroid dienone is 1. The zero-order valence-corrected chi connectivity index (χ0v) is 9.81. The number of quaternary nitrogens is 1. The van der Waals surface area contributed by atoms with Crippen molar-refractivity contribution in [2.24, 2.45) is 0 Å². The molecule has 0 amide bonds. The highest BCUT2D eigenvalue weighted by Crippen LogP contribution is 1.97. The van der Waals surface area contributed by atoms with Crippen molar-refractivity contribution < 1.29 is 17.3 Å². The first-order valence-electron chi connectivity index (χ1n) is 4.71. The van der Waals surface area contributed by atoms with Crippen LogP contribution in [0.2, 0.25) is 0 Å². The molecule has 1 aromatic carbocycles. The van der Waals surface area contributed by atoms with Crippen molar-refractivity contribution in [1.29, 1.82) is 0 Å². The van der Waals surface area contributed by atoms with Gasteiger partial charge in [-0.15, -0.1) is 0 Å². The Morgan fingerprint density at radius 1 is 1.21 bits per heavy atom. The maximum Gasteiger partial charge on any atom is 0.131 e. The molecule has 0 spiro atoms.